The Morgan fingerprint density at radius 1 is 1.24 bits per heavy atom. The molecule has 0 bridgehead atoms. The van der Waals surface area contributed by atoms with Gasteiger partial charge in [0, 0.05) is 23.1 Å². The fraction of sp³-hybridized carbons (Fsp3) is 0.692. The average molecular weight is 249 g/mol. The highest BCUT2D eigenvalue weighted by Crippen LogP contribution is 2.28. The van der Waals surface area contributed by atoms with Gasteiger partial charge in [-0.1, -0.05) is 0 Å². The smallest absolute Gasteiger partial charge is 0.132 e. The Balaban J connectivity index is 1.69. The zero-order valence-electron chi connectivity index (χ0n) is 10.1. The van der Waals surface area contributed by atoms with Crippen molar-refractivity contribution in [1.82, 2.24) is 9.97 Å². The van der Waals surface area contributed by atoms with Crippen LogP contribution in [-0.4, -0.2) is 27.5 Å². The molecule has 1 aliphatic carbocycles. The Kier molecular flexibility index (Phi) is 3.50. The van der Waals surface area contributed by atoms with E-state index in [1.165, 1.54) is 42.7 Å². The summed E-state index contributed by atoms with van der Waals surface area (Å²) < 4.78 is 0. The van der Waals surface area contributed by atoms with Crippen molar-refractivity contribution in [1.29, 1.82) is 0 Å². The van der Waals surface area contributed by atoms with E-state index in [0.717, 1.165) is 30.5 Å². The summed E-state index contributed by atoms with van der Waals surface area (Å²) in [7, 11) is 0. The van der Waals surface area contributed by atoms with Crippen molar-refractivity contribution < 1.29 is 0 Å². The molecule has 0 amide bonds. The first-order chi connectivity index (χ1) is 8.43. The van der Waals surface area contributed by atoms with E-state index in [1.807, 2.05) is 0 Å². The van der Waals surface area contributed by atoms with Crippen molar-refractivity contribution >= 4 is 17.6 Å². The van der Waals surface area contributed by atoms with Crippen LogP contribution in [0, 0.1) is 0 Å². The molecule has 0 radical (unpaired) electrons. The number of nitrogens with zero attached hydrogens (tertiary/aromatic N) is 2. The molecule has 3 nitrogen and oxygen atoms in total. The van der Waals surface area contributed by atoms with Crippen molar-refractivity contribution in [2.24, 2.45) is 0 Å². The largest absolute Gasteiger partial charge is 0.369 e. The average Bonchev–Trinajstić information content (AvgIpc) is 2.89. The lowest BCUT2D eigenvalue weighted by Crippen LogP contribution is -2.18. The minimum Gasteiger partial charge on any atom is -0.369 e. The summed E-state index contributed by atoms with van der Waals surface area (Å²) >= 11 is 2.09. The molecule has 0 spiro atoms. The maximum absolute atomic E-state index is 4.42. The summed E-state index contributed by atoms with van der Waals surface area (Å²) in [6.07, 6.45) is 9.29. The molecule has 2 aliphatic rings. The molecule has 1 unspecified atom stereocenters. The van der Waals surface area contributed by atoms with Crippen LogP contribution in [0.25, 0.3) is 0 Å². The molecule has 0 aromatic carbocycles. The minimum absolute atomic E-state index is 0.782. The van der Waals surface area contributed by atoms with Gasteiger partial charge in [-0.3, -0.25) is 0 Å². The van der Waals surface area contributed by atoms with Gasteiger partial charge in [-0.15, -0.1) is 0 Å². The molecule has 1 aromatic heterocycles. The Hall–Kier alpha value is -0.770. The lowest BCUT2D eigenvalue weighted by Gasteiger charge is -2.19. The van der Waals surface area contributed by atoms with Crippen LogP contribution in [0.15, 0.2) is 6.33 Å². The summed E-state index contributed by atoms with van der Waals surface area (Å²) in [5.74, 6) is 2.43. The van der Waals surface area contributed by atoms with Crippen molar-refractivity contribution in [3.8, 4) is 0 Å². The molecule has 0 saturated carbocycles. The monoisotopic (exact) mass is 249 g/mol. The Morgan fingerprint density at radius 2 is 2.18 bits per heavy atom. The topological polar surface area (TPSA) is 37.8 Å². The third kappa shape index (κ3) is 2.57. The Bertz CT molecular complexity index is 388. The van der Waals surface area contributed by atoms with Crippen LogP contribution in [0.2, 0.25) is 0 Å². The maximum atomic E-state index is 4.42. The molecule has 1 aromatic rings. The second-order valence-electron chi connectivity index (χ2n) is 4.87. The standard InChI is InChI=1S/C13H19N3S/c1-2-6-12-11(5-1)13(16-9-15-12)14-8-10-4-3-7-17-10/h9-10H,1-8H2,(H,14,15,16). The Morgan fingerprint density at radius 3 is 3.06 bits per heavy atom. The Labute approximate surface area is 107 Å². The van der Waals surface area contributed by atoms with Gasteiger partial charge in [0.1, 0.15) is 12.1 Å². The van der Waals surface area contributed by atoms with Crippen LogP contribution in [0.5, 0.6) is 0 Å². The number of aromatic nitrogens is 2. The first-order valence-corrected chi connectivity index (χ1v) is 7.66. The van der Waals surface area contributed by atoms with Gasteiger partial charge in [0.05, 0.1) is 0 Å². The molecule has 17 heavy (non-hydrogen) atoms. The molecule has 2 heterocycles. The van der Waals surface area contributed by atoms with Gasteiger partial charge in [-0.05, 0) is 44.3 Å². The first-order valence-electron chi connectivity index (χ1n) is 6.62. The third-order valence-electron chi connectivity index (χ3n) is 3.65. The van der Waals surface area contributed by atoms with Crippen molar-refractivity contribution in [2.75, 3.05) is 17.6 Å². The molecular weight excluding hydrogens is 230 g/mol. The molecular formula is C13H19N3S. The second kappa shape index (κ2) is 5.25. The van der Waals surface area contributed by atoms with E-state index in [0.29, 0.717) is 0 Å². The highest BCUT2D eigenvalue weighted by Gasteiger charge is 2.18. The molecule has 1 saturated heterocycles. The summed E-state index contributed by atoms with van der Waals surface area (Å²) in [6, 6.07) is 0. The van der Waals surface area contributed by atoms with E-state index in [4.69, 9.17) is 0 Å². The number of fused-ring (bicyclic) bond motifs is 1. The van der Waals surface area contributed by atoms with Gasteiger partial charge in [0.25, 0.3) is 0 Å². The number of anilines is 1. The third-order valence-corrected chi connectivity index (χ3v) is 5.04. The van der Waals surface area contributed by atoms with Gasteiger partial charge in [-0.25, -0.2) is 9.97 Å². The normalized spacial score (nSPS) is 23.4. The van der Waals surface area contributed by atoms with Crippen LogP contribution in [0.1, 0.15) is 36.9 Å². The summed E-state index contributed by atoms with van der Waals surface area (Å²) in [5, 5.41) is 4.32. The minimum atomic E-state index is 0.782. The van der Waals surface area contributed by atoms with E-state index in [2.05, 4.69) is 27.0 Å². The van der Waals surface area contributed by atoms with Crippen LogP contribution < -0.4 is 5.32 Å². The lowest BCUT2D eigenvalue weighted by molar-refractivity contribution is 0.662. The number of hydrogen-bond acceptors (Lipinski definition) is 4. The highest BCUT2D eigenvalue weighted by molar-refractivity contribution is 8.00. The zero-order chi connectivity index (χ0) is 11.5. The number of aryl methyl sites for hydroxylation is 1. The predicted octanol–water partition coefficient (Wildman–Crippen LogP) is 2.66. The zero-order valence-corrected chi connectivity index (χ0v) is 10.9. The highest BCUT2D eigenvalue weighted by atomic mass is 32.2. The SMILES string of the molecule is c1nc2c(c(NCC3CCCS3)n1)CCCC2. The molecule has 1 N–H and O–H groups in total. The van der Waals surface area contributed by atoms with Crippen molar-refractivity contribution in [3.05, 3.63) is 17.6 Å². The van der Waals surface area contributed by atoms with Gasteiger partial charge in [-0.2, -0.15) is 11.8 Å². The van der Waals surface area contributed by atoms with Crippen molar-refractivity contribution in [3.63, 3.8) is 0 Å². The van der Waals surface area contributed by atoms with Gasteiger partial charge in [0.2, 0.25) is 0 Å². The number of rotatable bonds is 3. The number of hydrogen-bond donors (Lipinski definition) is 1. The predicted molar refractivity (Wildman–Crippen MR) is 72.6 cm³/mol. The number of nitrogens with one attached hydrogen (secondary N) is 1. The fourth-order valence-electron chi connectivity index (χ4n) is 2.69. The van der Waals surface area contributed by atoms with Crippen LogP contribution in [-0.2, 0) is 12.8 Å². The molecule has 1 fully saturated rings. The second-order valence-corrected chi connectivity index (χ2v) is 6.28. The van der Waals surface area contributed by atoms with E-state index in [9.17, 15) is 0 Å². The van der Waals surface area contributed by atoms with Gasteiger partial charge >= 0.3 is 0 Å². The first kappa shape index (κ1) is 11.3. The summed E-state index contributed by atoms with van der Waals surface area (Å²) in [4.78, 5) is 8.82. The van der Waals surface area contributed by atoms with Crippen LogP contribution >= 0.6 is 11.8 Å². The lowest BCUT2D eigenvalue weighted by atomic mass is 9.96. The quantitative estimate of drug-likeness (QED) is 0.893. The summed E-state index contributed by atoms with van der Waals surface area (Å²) in [6.45, 7) is 1.06. The van der Waals surface area contributed by atoms with Crippen LogP contribution in [0.3, 0.4) is 0 Å². The fourth-order valence-corrected chi connectivity index (χ4v) is 3.89. The summed E-state index contributed by atoms with van der Waals surface area (Å²) in [5.41, 5.74) is 2.65. The molecule has 92 valence electrons. The number of thioether (sulfide) groups is 1. The van der Waals surface area contributed by atoms with Crippen LogP contribution in [0.4, 0.5) is 5.82 Å². The van der Waals surface area contributed by atoms with E-state index >= 15 is 0 Å². The van der Waals surface area contributed by atoms with E-state index < -0.39 is 0 Å². The molecule has 1 aliphatic heterocycles. The molecule has 1 atom stereocenters. The molecule has 3 rings (SSSR count). The van der Waals surface area contributed by atoms with Crippen molar-refractivity contribution in [2.45, 2.75) is 43.8 Å². The maximum Gasteiger partial charge on any atom is 0.132 e. The molecule has 4 heteroatoms. The van der Waals surface area contributed by atoms with E-state index in [-0.39, 0.29) is 0 Å². The van der Waals surface area contributed by atoms with Gasteiger partial charge in [0.15, 0.2) is 0 Å². The van der Waals surface area contributed by atoms with Gasteiger partial charge < -0.3 is 5.32 Å². The van der Waals surface area contributed by atoms with E-state index in [1.54, 1.807) is 6.33 Å².